The van der Waals surface area contributed by atoms with Crippen molar-refractivity contribution in [1.82, 2.24) is 4.90 Å². The summed E-state index contributed by atoms with van der Waals surface area (Å²) in [4.78, 5) is 19.9. The van der Waals surface area contributed by atoms with Crippen molar-refractivity contribution in [3.8, 4) is 0 Å². The van der Waals surface area contributed by atoms with Crippen molar-refractivity contribution in [2.75, 3.05) is 7.11 Å². The number of hydrogen-bond acceptors (Lipinski definition) is 4. The second-order valence-corrected chi connectivity index (χ2v) is 10.2. The molecule has 5 nitrogen and oxygen atoms in total. The average molecular weight is 367 g/mol. The van der Waals surface area contributed by atoms with Gasteiger partial charge in [0, 0.05) is 5.41 Å². The highest BCUT2D eigenvalue weighted by Crippen LogP contribution is 2.43. The van der Waals surface area contributed by atoms with Crippen LogP contribution >= 0.6 is 0 Å². The molecular formula is C21H38N2O3. The van der Waals surface area contributed by atoms with Gasteiger partial charge < -0.3 is 9.47 Å². The van der Waals surface area contributed by atoms with Crippen molar-refractivity contribution in [3.63, 3.8) is 0 Å². The molecule has 2 atom stereocenters. The van der Waals surface area contributed by atoms with Crippen LogP contribution in [0.25, 0.3) is 0 Å². The predicted octanol–water partition coefficient (Wildman–Crippen LogP) is 5.38. The molecule has 2 rings (SSSR count). The van der Waals surface area contributed by atoms with Crippen LogP contribution in [0.2, 0.25) is 0 Å². The Hall–Kier alpha value is -1.26. The number of amides is 1. The van der Waals surface area contributed by atoms with Crippen LogP contribution < -0.4 is 0 Å². The molecule has 0 aromatic rings. The number of aliphatic imine (C=N–C) groups is 1. The molecule has 1 heterocycles. The quantitative estimate of drug-likeness (QED) is 0.659. The van der Waals surface area contributed by atoms with Gasteiger partial charge in [-0.3, -0.25) is 4.90 Å². The summed E-state index contributed by atoms with van der Waals surface area (Å²) < 4.78 is 11.5. The van der Waals surface area contributed by atoms with Crippen molar-refractivity contribution >= 4 is 12.0 Å². The van der Waals surface area contributed by atoms with Gasteiger partial charge in [-0.1, -0.05) is 52.9 Å². The Kier molecular flexibility index (Phi) is 5.99. The van der Waals surface area contributed by atoms with Crippen molar-refractivity contribution in [1.29, 1.82) is 0 Å². The van der Waals surface area contributed by atoms with Crippen LogP contribution in [0.1, 0.15) is 87.0 Å². The zero-order chi connectivity index (χ0) is 19.8. The highest BCUT2D eigenvalue weighted by Gasteiger charge is 2.55. The fourth-order valence-electron chi connectivity index (χ4n) is 4.29. The van der Waals surface area contributed by atoms with Gasteiger partial charge in [-0.25, -0.2) is 9.79 Å². The van der Waals surface area contributed by atoms with E-state index in [1.807, 2.05) is 25.7 Å². The summed E-state index contributed by atoms with van der Waals surface area (Å²) in [6.45, 7) is 14.1. The van der Waals surface area contributed by atoms with E-state index in [0.29, 0.717) is 11.8 Å². The molecule has 0 unspecified atom stereocenters. The summed E-state index contributed by atoms with van der Waals surface area (Å²) in [5.74, 6) is 1.26. The second kappa shape index (κ2) is 7.40. The van der Waals surface area contributed by atoms with E-state index in [1.165, 1.54) is 32.1 Å². The topological polar surface area (TPSA) is 51.1 Å². The normalized spacial score (nSPS) is 28.1. The van der Waals surface area contributed by atoms with Crippen LogP contribution in [0.3, 0.4) is 0 Å². The first kappa shape index (κ1) is 21.0. The first-order chi connectivity index (χ1) is 11.9. The first-order valence-corrected chi connectivity index (χ1v) is 10.0. The number of methoxy groups -OCH3 is 1. The standard InChI is InChI=1S/C21H38N2O3/c1-19(2,3)16-22-17(25-8)21(7,14-15-12-10-9-11-13-15)23(16)18(24)26-20(4,5)6/h15-16H,9-14H2,1-8H3/t16-,21+/m0/s1. The summed E-state index contributed by atoms with van der Waals surface area (Å²) in [5.41, 5.74) is -1.30. The van der Waals surface area contributed by atoms with E-state index in [0.717, 1.165) is 6.42 Å². The van der Waals surface area contributed by atoms with E-state index < -0.39 is 11.1 Å². The van der Waals surface area contributed by atoms with Crippen LogP contribution in [-0.2, 0) is 9.47 Å². The first-order valence-electron chi connectivity index (χ1n) is 10.0. The number of hydrogen-bond donors (Lipinski definition) is 0. The Balaban J connectivity index is 2.38. The molecule has 0 saturated heterocycles. The lowest BCUT2D eigenvalue weighted by molar-refractivity contribution is -0.0170. The van der Waals surface area contributed by atoms with E-state index in [4.69, 9.17) is 14.5 Å². The molecule has 0 N–H and O–H groups in total. The lowest BCUT2D eigenvalue weighted by atomic mass is 9.79. The minimum absolute atomic E-state index is 0.203. The van der Waals surface area contributed by atoms with Gasteiger partial charge in [-0.05, 0) is 40.0 Å². The smallest absolute Gasteiger partial charge is 0.412 e. The maximum absolute atomic E-state index is 13.2. The Morgan fingerprint density at radius 1 is 1.15 bits per heavy atom. The summed E-state index contributed by atoms with van der Waals surface area (Å²) in [7, 11) is 1.66. The molecule has 0 aromatic carbocycles. The maximum atomic E-state index is 13.2. The third kappa shape index (κ3) is 4.52. The van der Waals surface area contributed by atoms with Gasteiger partial charge >= 0.3 is 6.09 Å². The molecule has 0 aromatic heterocycles. The van der Waals surface area contributed by atoms with Crippen molar-refractivity contribution in [3.05, 3.63) is 0 Å². The van der Waals surface area contributed by atoms with Gasteiger partial charge in [-0.15, -0.1) is 0 Å². The maximum Gasteiger partial charge on any atom is 0.412 e. The minimum Gasteiger partial charge on any atom is -0.483 e. The molecule has 2 aliphatic rings. The fourth-order valence-corrected chi connectivity index (χ4v) is 4.29. The van der Waals surface area contributed by atoms with Gasteiger partial charge in [-0.2, -0.15) is 0 Å². The molecule has 0 spiro atoms. The van der Waals surface area contributed by atoms with E-state index in [-0.39, 0.29) is 17.7 Å². The lowest BCUT2D eigenvalue weighted by Crippen LogP contribution is -2.58. The monoisotopic (exact) mass is 366 g/mol. The van der Waals surface area contributed by atoms with E-state index >= 15 is 0 Å². The zero-order valence-electron chi connectivity index (χ0n) is 18.0. The molecule has 0 radical (unpaired) electrons. The van der Waals surface area contributed by atoms with Crippen molar-refractivity contribution in [2.24, 2.45) is 16.3 Å². The number of nitrogens with zero attached hydrogens (tertiary/aromatic N) is 2. The summed E-state index contributed by atoms with van der Waals surface area (Å²) in [6.07, 6.45) is 6.59. The molecule has 5 heteroatoms. The van der Waals surface area contributed by atoms with Gasteiger partial charge in [0.25, 0.3) is 0 Å². The summed E-state index contributed by atoms with van der Waals surface area (Å²) in [5, 5.41) is 0. The number of ether oxygens (including phenoxy) is 2. The van der Waals surface area contributed by atoms with Crippen molar-refractivity contribution < 1.29 is 14.3 Å². The number of rotatable bonds is 2. The lowest BCUT2D eigenvalue weighted by Gasteiger charge is -2.43. The molecular weight excluding hydrogens is 328 g/mol. The Morgan fingerprint density at radius 3 is 2.19 bits per heavy atom. The molecule has 150 valence electrons. The van der Waals surface area contributed by atoms with Gasteiger partial charge in [0.15, 0.2) is 0 Å². The zero-order valence-corrected chi connectivity index (χ0v) is 18.0. The molecule has 1 aliphatic heterocycles. The van der Waals surface area contributed by atoms with Crippen LogP contribution in [0.5, 0.6) is 0 Å². The third-order valence-corrected chi connectivity index (χ3v) is 5.45. The molecule has 0 bridgehead atoms. The number of carbonyl (C=O) groups is 1. The molecule has 26 heavy (non-hydrogen) atoms. The van der Waals surface area contributed by atoms with Crippen molar-refractivity contribution in [2.45, 2.75) is 104 Å². The van der Waals surface area contributed by atoms with Gasteiger partial charge in [0.05, 0.1) is 7.11 Å². The second-order valence-electron chi connectivity index (χ2n) is 10.2. The average Bonchev–Trinajstić information content (AvgIpc) is 2.79. The Morgan fingerprint density at radius 2 is 1.73 bits per heavy atom. The molecule has 1 aliphatic carbocycles. The fraction of sp³-hybridized carbons (Fsp3) is 0.905. The molecule has 1 saturated carbocycles. The highest BCUT2D eigenvalue weighted by atomic mass is 16.6. The van der Waals surface area contributed by atoms with Gasteiger partial charge in [0.2, 0.25) is 5.90 Å². The van der Waals surface area contributed by atoms with Crippen LogP contribution in [-0.4, -0.2) is 41.3 Å². The van der Waals surface area contributed by atoms with Gasteiger partial charge in [0.1, 0.15) is 17.3 Å². The van der Waals surface area contributed by atoms with E-state index in [1.54, 1.807) is 7.11 Å². The van der Waals surface area contributed by atoms with E-state index in [2.05, 4.69) is 27.7 Å². The highest BCUT2D eigenvalue weighted by molar-refractivity contribution is 5.92. The van der Waals surface area contributed by atoms with E-state index in [9.17, 15) is 4.79 Å². The third-order valence-electron chi connectivity index (χ3n) is 5.45. The van der Waals surface area contributed by atoms with Crippen LogP contribution in [0.15, 0.2) is 4.99 Å². The Labute approximate surface area is 159 Å². The predicted molar refractivity (Wildman–Crippen MR) is 105 cm³/mol. The minimum atomic E-state index is -0.558. The largest absolute Gasteiger partial charge is 0.483 e. The SMILES string of the molecule is COC1=N[C@H](C(C)(C)C)N(C(=O)OC(C)(C)C)[C@]1(C)CC1CCCCC1. The summed E-state index contributed by atoms with van der Waals surface area (Å²) in [6, 6.07) is 0. The van der Waals surface area contributed by atoms with Crippen LogP contribution in [0.4, 0.5) is 4.79 Å². The van der Waals surface area contributed by atoms with Crippen LogP contribution in [0, 0.1) is 11.3 Å². The summed E-state index contributed by atoms with van der Waals surface area (Å²) >= 11 is 0. The number of carbonyl (C=O) groups excluding carboxylic acids is 1. The molecule has 1 fully saturated rings. The molecule has 1 amide bonds. The Bertz CT molecular complexity index is 538.